The van der Waals surface area contributed by atoms with E-state index in [4.69, 9.17) is 4.42 Å². The molecule has 1 aromatic carbocycles. The summed E-state index contributed by atoms with van der Waals surface area (Å²) in [5.41, 5.74) is 2.69. The van der Waals surface area contributed by atoms with Gasteiger partial charge in [-0.15, -0.1) is 11.3 Å². The second-order valence-electron chi connectivity index (χ2n) is 5.76. The minimum Gasteiger partial charge on any atom is -0.459 e. The zero-order valence-electron chi connectivity index (χ0n) is 14.3. The van der Waals surface area contributed by atoms with E-state index in [2.05, 4.69) is 22.5 Å². The Morgan fingerprint density at radius 3 is 2.92 bits per heavy atom. The number of rotatable bonds is 7. The van der Waals surface area contributed by atoms with Crippen molar-refractivity contribution >= 4 is 22.9 Å². The molecular formula is C19H21N3O2S. The zero-order valence-corrected chi connectivity index (χ0v) is 15.2. The maximum atomic E-state index is 12.3. The van der Waals surface area contributed by atoms with Gasteiger partial charge in [-0.1, -0.05) is 19.1 Å². The van der Waals surface area contributed by atoms with E-state index in [-0.39, 0.29) is 12.3 Å². The Hall–Kier alpha value is -2.44. The van der Waals surface area contributed by atoms with Crippen molar-refractivity contribution in [3.8, 4) is 10.8 Å². The zero-order chi connectivity index (χ0) is 17.6. The minimum absolute atomic E-state index is 0.0759. The van der Waals surface area contributed by atoms with E-state index in [0.717, 1.165) is 46.6 Å². The van der Waals surface area contributed by atoms with Gasteiger partial charge in [0.1, 0.15) is 5.76 Å². The molecule has 0 unspecified atom stereocenters. The molecule has 0 aliphatic carbocycles. The second-order valence-corrected chi connectivity index (χ2v) is 6.62. The van der Waals surface area contributed by atoms with Crippen molar-refractivity contribution in [2.45, 2.75) is 26.8 Å². The molecule has 0 saturated heterocycles. The van der Waals surface area contributed by atoms with E-state index >= 15 is 0 Å². The maximum Gasteiger partial charge on any atom is 0.230 e. The molecule has 0 bridgehead atoms. The highest BCUT2D eigenvalue weighted by atomic mass is 32.1. The van der Waals surface area contributed by atoms with Crippen LogP contribution in [-0.2, 0) is 17.8 Å². The van der Waals surface area contributed by atoms with Crippen molar-refractivity contribution in [2.24, 2.45) is 0 Å². The number of benzene rings is 1. The number of furan rings is 1. The molecule has 0 saturated carbocycles. The Bertz CT molecular complexity index is 854. The Morgan fingerprint density at radius 1 is 1.28 bits per heavy atom. The van der Waals surface area contributed by atoms with Crippen LogP contribution in [0.3, 0.4) is 0 Å². The third kappa shape index (κ3) is 4.78. The molecule has 5 nitrogen and oxygen atoms in total. The SMILES string of the molecule is CCNCc1cccc(NC(=O)Cc2csc(-c3ccc(C)o3)n2)c1. The normalized spacial score (nSPS) is 10.8. The van der Waals surface area contributed by atoms with Crippen LogP contribution in [0, 0.1) is 6.92 Å². The smallest absolute Gasteiger partial charge is 0.230 e. The average molecular weight is 355 g/mol. The number of nitrogens with one attached hydrogen (secondary N) is 2. The number of thiazole rings is 1. The average Bonchev–Trinajstić information content (AvgIpc) is 3.22. The molecule has 2 N–H and O–H groups in total. The number of hydrogen-bond acceptors (Lipinski definition) is 5. The minimum atomic E-state index is -0.0759. The second kappa shape index (κ2) is 8.09. The summed E-state index contributed by atoms with van der Waals surface area (Å²) in [6, 6.07) is 11.7. The van der Waals surface area contributed by atoms with Crippen LogP contribution in [0.1, 0.15) is 23.9 Å². The molecule has 2 aromatic heterocycles. The van der Waals surface area contributed by atoms with Gasteiger partial charge in [0.25, 0.3) is 0 Å². The quantitative estimate of drug-likeness (QED) is 0.672. The number of nitrogens with zero attached hydrogens (tertiary/aromatic N) is 1. The molecular weight excluding hydrogens is 334 g/mol. The van der Waals surface area contributed by atoms with Crippen molar-refractivity contribution in [3.05, 3.63) is 58.8 Å². The fourth-order valence-electron chi connectivity index (χ4n) is 2.45. The van der Waals surface area contributed by atoms with E-state index < -0.39 is 0 Å². The van der Waals surface area contributed by atoms with Gasteiger partial charge in [0.15, 0.2) is 10.8 Å². The molecule has 3 aromatic rings. The summed E-state index contributed by atoms with van der Waals surface area (Å²) in [5, 5.41) is 8.90. The number of anilines is 1. The first kappa shape index (κ1) is 17.4. The molecule has 0 aliphatic heterocycles. The molecule has 0 radical (unpaired) electrons. The van der Waals surface area contributed by atoms with Crippen molar-refractivity contribution < 1.29 is 9.21 Å². The van der Waals surface area contributed by atoms with Gasteiger partial charge in [0.2, 0.25) is 5.91 Å². The lowest BCUT2D eigenvalue weighted by Crippen LogP contribution is -2.15. The molecule has 0 atom stereocenters. The Balaban J connectivity index is 1.60. The van der Waals surface area contributed by atoms with Crippen LogP contribution in [0.4, 0.5) is 5.69 Å². The number of aryl methyl sites for hydroxylation is 1. The van der Waals surface area contributed by atoms with Crippen molar-refractivity contribution in [3.63, 3.8) is 0 Å². The third-order valence-electron chi connectivity index (χ3n) is 3.63. The fourth-order valence-corrected chi connectivity index (χ4v) is 3.23. The lowest BCUT2D eigenvalue weighted by atomic mass is 10.2. The van der Waals surface area contributed by atoms with E-state index in [9.17, 15) is 4.79 Å². The first-order valence-electron chi connectivity index (χ1n) is 8.25. The summed E-state index contributed by atoms with van der Waals surface area (Å²) in [4.78, 5) is 16.8. The lowest BCUT2D eigenvalue weighted by molar-refractivity contribution is -0.115. The van der Waals surface area contributed by atoms with Crippen LogP contribution in [0.25, 0.3) is 10.8 Å². The standard InChI is InChI=1S/C19H21N3O2S/c1-3-20-11-14-5-4-6-15(9-14)21-18(23)10-16-12-25-19(22-16)17-8-7-13(2)24-17/h4-9,12,20H,3,10-11H2,1-2H3,(H,21,23). The van der Waals surface area contributed by atoms with E-state index in [1.54, 1.807) is 0 Å². The number of amides is 1. The van der Waals surface area contributed by atoms with Gasteiger partial charge in [0.05, 0.1) is 12.1 Å². The van der Waals surface area contributed by atoms with Gasteiger partial charge in [-0.2, -0.15) is 0 Å². The summed E-state index contributed by atoms with van der Waals surface area (Å²) in [7, 11) is 0. The molecule has 25 heavy (non-hydrogen) atoms. The predicted octanol–water partition coefficient (Wildman–Crippen LogP) is 4.00. The van der Waals surface area contributed by atoms with E-state index in [1.807, 2.05) is 48.7 Å². The lowest BCUT2D eigenvalue weighted by Gasteiger charge is -2.07. The molecule has 3 rings (SSSR count). The maximum absolute atomic E-state index is 12.3. The van der Waals surface area contributed by atoms with Crippen molar-refractivity contribution in [2.75, 3.05) is 11.9 Å². The Morgan fingerprint density at radius 2 is 2.16 bits per heavy atom. The van der Waals surface area contributed by atoms with Crippen LogP contribution in [0.2, 0.25) is 0 Å². The summed E-state index contributed by atoms with van der Waals surface area (Å²) >= 11 is 1.48. The fraction of sp³-hybridized carbons (Fsp3) is 0.263. The van der Waals surface area contributed by atoms with Crippen molar-refractivity contribution in [1.82, 2.24) is 10.3 Å². The molecule has 0 aliphatic rings. The van der Waals surface area contributed by atoms with Crippen LogP contribution in [0.5, 0.6) is 0 Å². The van der Waals surface area contributed by atoms with E-state index in [1.165, 1.54) is 11.3 Å². The van der Waals surface area contributed by atoms with Crippen LogP contribution in [-0.4, -0.2) is 17.4 Å². The van der Waals surface area contributed by atoms with Crippen LogP contribution in [0.15, 0.2) is 46.2 Å². The topological polar surface area (TPSA) is 67.2 Å². The summed E-state index contributed by atoms with van der Waals surface area (Å²) in [5.74, 6) is 1.51. The number of carbonyl (C=O) groups excluding carboxylic acids is 1. The van der Waals surface area contributed by atoms with Gasteiger partial charge >= 0.3 is 0 Å². The van der Waals surface area contributed by atoms with Gasteiger partial charge < -0.3 is 15.1 Å². The Labute approximate surface area is 151 Å². The van der Waals surface area contributed by atoms with Crippen LogP contribution < -0.4 is 10.6 Å². The van der Waals surface area contributed by atoms with Gasteiger partial charge in [-0.25, -0.2) is 4.98 Å². The molecule has 0 spiro atoms. The Kier molecular flexibility index (Phi) is 5.63. The highest BCUT2D eigenvalue weighted by Gasteiger charge is 2.11. The first-order chi connectivity index (χ1) is 12.1. The third-order valence-corrected chi connectivity index (χ3v) is 4.54. The van der Waals surface area contributed by atoms with Gasteiger partial charge in [-0.3, -0.25) is 4.79 Å². The monoisotopic (exact) mass is 355 g/mol. The number of aromatic nitrogens is 1. The van der Waals surface area contributed by atoms with E-state index in [0.29, 0.717) is 0 Å². The highest BCUT2D eigenvalue weighted by molar-refractivity contribution is 7.13. The first-order valence-corrected chi connectivity index (χ1v) is 9.12. The van der Waals surface area contributed by atoms with Gasteiger partial charge in [-0.05, 0) is 43.3 Å². The molecule has 6 heteroatoms. The number of carbonyl (C=O) groups is 1. The highest BCUT2D eigenvalue weighted by Crippen LogP contribution is 2.25. The summed E-state index contributed by atoms with van der Waals surface area (Å²) < 4.78 is 5.57. The predicted molar refractivity (Wildman–Crippen MR) is 101 cm³/mol. The van der Waals surface area contributed by atoms with Crippen molar-refractivity contribution in [1.29, 1.82) is 0 Å². The molecule has 2 heterocycles. The molecule has 130 valence electrons. The van der Waals surface area contributed by atoms with Crippen LogP contribution >= 0.6 is 11.3 Å². The molecule has 1 amide bonds. The summed E-state index contributed by atoms with van der Waals surface area (Å²) in [6.07, 6.45) is 0.244. The molecule has 0 fully saturated rings. The summed E-state index contributed by atoms with van der Waals surface area (Å²) in [6.45, 7) is 5.67. The largest absolute Gasteiger partial charge is 0.459 e. The number of hydrogen-bond donors (Lipinski definition) is 2. The van der Waals surface area contributed by atoms with Gasteiger partial charge in [0, 0.05) is 17.6 Å².